The molecule has 10 rings (SSSR count). The normalized spacial score (nSPS) is 52.4. The highest BCUT2D eigenvalue weighted by atomic mass is 16.8. The summed E-state index contributed by atoms with van der Waals surface area (Å²) in [6.07, 6.45) is 4.01. The number of hydrogen-bond donors (Lipinski definition) is 2. The van der Waals surface area contributed by atoms with Crippen LogP contribution in [0.3, 0.4) is 0 Å². The summed E-state index contributed by atoms with van der Waals surface area (Å²) in [4.78, 5) is 14.0. The van der Waals surface area contributed by atoms with E-state index in [1.807, 2.05) is 0 Å². The van der Waals surface area contributed by atoms with Crippen molar-refractivity contribution >= 4 is 5.78 Å². The second-order valence-electron chi connectivity index (χ2n) is 17.4. The average Bonchev–Trinajstić information content (AvgIpc) is 3.79. The first-order valence-corrected chi connectivity index (χ1v) is 20.1. The molecule has 19 atom stereocenters. The van der Waals surface area contributed by atoms with Crippen LogP contribution in [0.25, 0.3) is 0 Å². The van der Waals surface area contributed by atoms with Crippen LogP contribution in [0.15, 0.2) is 24.3 Å². The summed E-state index contributed by atoms with van der Waals surface area (Å²) >= 11 is 0. The maximum atomic E-state index is 14.0. The first-order valence-electron chi connectivity index (χ1n) is 20.1. The molecule has 0 aromatic carbocycles. The van der Waals surface area contributed by atoms with Gasteiger partial charge < -0.3 is 52.8 Å². The molecular weight excluding hydrogens is 672 g/mol. The molecule has 0 saturated carbocycles. The molecule has 290 valence electrons. The van der Waals surface area contributed by atoms with E-state index in [9.17, 15) is 15.0 Å². The quantitative estimate of drug-likeness (QED) is 0.410. The van der Waals surface area contributed by atoms with Crippen molar-refractivity contribution in [1.29, 1.82) is 0 Å². The fourth-order valence-corrected chi connectivity index (χ4v) is 11.3. The number of carbonyl (C=O) groups is 1. The first-order chi connectivity index (χ1) is 25.1. The molecule has 12 bridgehead atoms. The molecule has 10 fully saturated rings. The predicted molar refractivity (Wildman–Crippen MR) is 184 cm³/mol. The minimum atomic E-state index is -0.951. The predicted octanol–water partition coefficient (Wildman–Crippen LogP) is 3.47. The molecule has 52 heavy (non-hydrogen) atoms. The van der Waals surface area contributed by atoms with Crippen LogP contribution in [0.4, 0.5) is 0 Å². The summed E-state index contributed by atoms with van der Waals surface area (Å²) in [7, 11) is 1.63. The molecule has 12 heteroatoms. The van der Waals surface area contributed by atoms with Crippen molar-refractivity contribution in [1.82, 2.24) is 0 Å². The lowest BCUT2D eigenvalue weighted by atomic mass is 9.81. The van der Waals surface area contributed by atoms with Crippen LogP contribution in [0, 0.1) is 11.8 Å². The van der Waals surface area contributed by atoms with Gasteiger partial charge in [-0.3, -0.25) is 4.79 Å². The molecule has 1 spiro atoms. The molecule has 10 aliphatic heterocycles. The van der Waals surface area contributed by atoms with Gasteiger partial charge in [0.2, 0.25) is 0 Å². The number of ether oxygens (including phenoxy) is 9. The van der Waals surface area contributed by atoms with Gasteiger partial charge in [0.15, 0.2) is 5.79 Å². The Bertz CT molecular complexity index is 1370. The Kier molecular flexibility index (Phi) is 10.0. The van der Waals surface area contributed by atoms with Crippen LogP contribution in [-0.4, -0.2) is 133 Å². The topological polar surface area (TPSA) is 141 Å². The van der Waals surface area contributed by atoms with Crippen molar-refractivity contribution in [2.75, 3.05) is 13.7 Å². The van der Waals surface area contributed by atoms with Crippen molar-refractivity contribution in [2.24, 2.45) is 11.8 Å². The van der Waals surface area contributed by atoms with Gasteiger partial charge in [0.1, 0.15) is 36.3 Å². The maximum Gasteiger partial charge on any atom is 0.172 e. The van der Waals surface area contributed by atoms with Crippen molar-refractivity contribution in [3.63, 3.8) is 0 Å². The van der Waals surface area contributed by atoms with E-state index in [0.29, 0.717) is 25.7 Å². The van der Waals surface area contributed by atoms with E-state index in [1.165, 1.54) is 0 Å². The molecule has 0 aliphatic carbocycles. The SMILES string of the molecule is C=C1C[C@@H]2CC[C@]34C[C@@H]5O[C@H]6[C@@H](O3)[C@H]3O[C@H](CC[C@@H]3O[C@H]6[C@@H]5O4)CC(=O)C[C@@H]3[C@@H](OC)[C@@H](C[C@H](O)CO)O[C@H]3C[C@H]3O[C@@H](CC[C@@H]1O2)C[C@@H](C)C3=C. The van der Waals surface area contributed by atoms with Gasteiger partial charge in [-0.05, 0) is 62.0 Å². The van der Waals surface area contributed by atoms with E-state index in [2.05, 4.69) is 20.1 Å². The van der Waals surface area contributed by atoms with Gasteiger partial charge in [-0.25, -0.2) is 0 Å². The summed E-state index contributed by atoms with van der Waals surface area (Å²) in [5, 5.41) is 20.1. The molecule has 0 aromatic rings. The second kappa shape index (κ2) is 14.3. The number of hydrogen-bond acceptors (Lipinski definition) is 12. The maximum absolute atomic E-state index is 14.0. The summed E-state index contributed by atoms with van der Waals surface area (Å²) in [6.45, 7) is 10.7. The van der Waals surface area contributed by atoms with Crippen LogP contribution in [0.5, 0.6) is 0 Å². The Balaban J connectivity index is 0.994. The average molecular weight is 731 g/mol. The smallest absolute Gasteiger partial charge is 0.172 e. The Morgan fingerprint density at radius 2 is 1.54 bits per heavy atom. The van der Waals surface area contributed by atoms with Gasteiger partial charge in [-0.15, -0.1) is 0 Å². The third-order valence-electron chi connectivity index (χ3n) is 13.9. The highest BCUT2D eigenvalue weighted by Crippen LogP contribution is 2.54. The zero-order valence-corrected chi connectivity index (χ0v) is 30.7. The third-order valence-corrected chi connectivity index (χ3v) is 13.9. The summed E-state index contributed by atoms with van der Waals surface area (Å²) in [5.74, 6) is -0.709. The van der Waals surface area contributed by atoms with Gasteiger partial charge in [-0.2, -0.15) is 0 Å². The van der Waals surface area contributed by atoms with Crippen LogP contribution in [0.2, 0.25) is 0 Å². The fraction of sp³-hybridized carbons (Fsp3) is 0.875. The van der Waals surface area contributed by atoms with Gasteiger partial charge in [-0.1, -0.05) is 20.1 Å². The van der Waals surface area contributed by atoms with Crippen LogP contribution >= 0.6 is 0 Å². The molecule has 12 nitrogen and oxygen atoms in total. The summed E-state index contributed by atoms with van der Waals surface area (Å²) < 4.78 is 59.8. The van der Waals surface area contributed by atoms with Crippen molar-refractivity contribution in [3.8, 4) is 0 Å². The number of methoxy groups -OCH3 is 1. The van der Waals surface area contributed by atoms with E-state index in [4.69, 9.17) is 42.6 Å². The molecule has 0 unspecified atom stereocenters. The van der Waals surface area contributed by atoms with Gasteiger partial charge in [0.25, 0.3) is 0 Å². The lowest BCUT2D eigenvalue weighted by Crippen LogP contribution is -2.61. The Labute approximate surface area is 306 Å². The number of aliphatic hydroxyl groups excluding tert-OH is 2. The molecule has 10 heterocycles. The Hall–Kier alpha value is -1.29. The fourth-order valence-electron chi connectivity index (χ4n) is 11.3. The van der Waals surface area contributed by atoms with Crippen molar-refractivity contribution in [2.45, 2.75) is 194 Å². The van der Waals surface area contributed by atoms with E-state index < -0.39 is 24.1 Å². The van der Waals surface area contributed by atoms with E-state index >= 15 is 0 Å². The lowest BCUT2D eigenvalue weighted by molar-refractivity contribution is -0.292. The van der Waals surface area contributed by atoms with Crippen molar-refractivity contribution in [3.05, 3.63) is 24.3 Å². The zero-order valence-electron chi connectivity index (χ0n) is 30.7. The van der Waals surface area contributed by atoms with E-state index in [1.54, 1.807) is 7.11 Å². The third kappa shape index (κ3) is 6.59. The minimum Gasteiger partial charge on any atom is -0.394 e. The van der Waals surface area contributed by atoms with Crippen LogP contribution in [0.1, 0.15) is 90.4 Å². The molecule has 10 aliphatic rings. The number of aliphatic hydroxyl groups is 2. The Morgan fingerprint density at radius 1 is 0.788 bits per heavy atom. The molecule has 0 amide bonds. The zero-order chi connectivity index (χ0) is 35.9. The van der Waals surface area contributed by atoms with Crippen molar-refractivity contribution < 1.29 is 57.6 Å². The largest absolute Gasteiger partial charge is 0.394 e. The van der Waals surface area contributed by atoms with Crippen LogP contribution in [-0.2, 0) is 47.4 Å². The first kappa shape index (κ1) is 36.4. The highest BCUT2D eigenvalue weighted by molar-refractivity contribution is 5.79. The summed E-state index contributed by atoms with van der Waals surface area (Å²) in [5.41, 5.74) is 2.17. The van der Waals surface area contributed by atoms with Gasteiger partial charge in [0, 0.05) is 51.6 Å². The van der Waals surface area contributed by atoms with Gasteiger partial charge >= 0.3 is 0 Å². The number of ketones is 1. The lowest BCUT2D eigenvalue weighted by Gasteiger charge is -2.47. The molecule has 0 radical (unpaired) electrons. The highest BCUT2D eigenvalue weighted by Gasteiger charge is 2.68. The monoisotopic (exact) mass is 730 g/mol. The number of fused-ring (bicyclic) bond motifs is 6. The minimum absolute atomic E-state index is 0.0260. The Morgan fingerprint density at radius 3 is 2.37 bits per heavy atom. The number of Topliss-reactive ketones (excluding diaryl/α,β-unsaturated/α-hetero) is 1. The summed E-state index contributed by atoms with van der Waals surface area (Å²) in [6, 6.07) is 0. The molecule has 0 aromatic heterocycles. The van der Waals surface area contributed by atoms with E-state index in [-0.39, 0.29) is 123 Å². The molecular formula is C40H58O12. The number of carbonyl (C=O) groups excluding carboxylic acids is 1. The molecule has 10 saturated heterocycles. The number of rotatable bonds is 4. The molecule has 2 N–H and O–H groups in total. The van der Waals surface area contributed by atoms with Crippen LogP contribution < -0.4 is 0 Å². The van der Waals surface area contributed by atoms with Gasteiger partial charge in [0.05, 0.1) is 73.8 Å². The standard InChI is InChI=1S/C40H58O12/c1-19-11-24-5-7-28-20(2)12-26(45-28)9-10-40-17-33-36(51-40)37-38(50-33)39(52-40)35-29(49-37)8-6-25(47-35)13-22(42)14-27-31(16-30(46-24)21(19)3)48-32(34(27)44-4)15-23(43)18-41/h19,23-39,41,43H,2-3,5-18H2,1,4H3/t19-,23+,24+,25-,26+,27+,28+,29+,30-,31+,32-,33+,34-,35+,36-,37+,38-,39+,40-/m1/s1. The second-order valence-corrected chi connectivity index (χ2v) is 17.4. The van der Waals surface area contributed by atoms with E-state index in [0.717, 1.165) is 49.7 Å².